The van der Waals surface area contributed by atoms with Crippen molar-refractivity contribution in [3.8, 4) is 0 Å². The lowest BCUT2D eigenvalue weighted by Crippen LogP contribution is -2.51. The normalized spacial score (nSPS) is 25.5. The quantitative estimate of drug-likeness (QED) is 0.865. The van der Waals surface area contributed by atoms with E-state index >= 15 is 0 Å². The molecule has 1 aliphatic heterocycles. The third kappa shape index (κ3) is 3.36. The lowest BCUT2D eigenvalue weighted by molar-refractivity contribution is 0.0435. The molecular weight excluding hydrogens is 222 g/mol. The molecule has 0 radical (unpaired) electrons. The van der Waals surface area contributed by atoms with Gasteiger partial charge in [0, 0.05) is 37.6 Å². The molecule has 1 aliphatic rings. The molecule has 2 atom stereocenters. The van der Waals surface area contributed by atoms with Gasteiger partial charge in [0.25, 0.3) is 0 Å². The second-order valence-corrected chi connectivity index (χ2v) is 5.63. The second-order valence-electron chi connectivity index (χ2n) is 5.63. The summed E-state index contributed by atoms with van der Waals surface area (Å²) in [7, 11) is 0. The van der Waals surface area contributed by atoms with Crippen molar-refractivity contribution in [3.05, 3.63) is 24.0 Å². The second kappa shape index (κ2) is 6.39. The first-order valence-electron chi connectivity index (χ1n) is 7.37. The molecule has 1 saturated heterocycles. The van der Waals surface area contributed by atoms with E-state index in [9.17, 15) is 0 Å². The average Bonchev–Trinajstić information content (AvgIpc) is 2.77. The summed E-state index contributed by atoms with van der Waals surface area (Å²) in [6.07, 6.45) is 9.64. The Morgan fingerprint density at radius 2 is 2.00 bits per heavy atom. The van der Waals surface area contributed by atoms with Crippen molar-refractivity contribution in [2.75, 3.05) is 0 Å². The van der Waals surface area contributed by atoms with E-state index in [2.05, 4.69) is 54.2 Å². The highest BCUT2D eigenvalue weighted by Gasteiger charge is 2.24. The summed E-state index contributed by atoms with van der Waals surface area (Å²) in [5.74, 6) is 0. The van der Waals surface area contributed by atoms with Gasteiger partial charge in [-0.2, -0.15) is 0 Å². The first-order chi connectivity index (χ1) is 8.70. The monoisotopic (exact) mass is 249 g/mol. The number of nitrogens with zero attached hydrogens (tertiary/aromatic N) is 2. The number of hydrogen-bond acceptors (Lipinski definition) is 2. The number of piperidine rings is 1. The molecule has 0 aliphatic carbocycles. The predicted octanol–water partition coefficient (Wildman–Crippen LogP) is 3.17. The number of hydrazine groups is 1. The van der Waals surface area contributed by atoms with E-state index in [1.54, 1.807) is 0 Å². The van der Waals surface area contributed by atoms with E-state index in [0.717, 1.165) is 13.1 Å². The molecule has 2 heterocycles. The van der Waals surface area contributed by atoms with Crippen LogP contribution in [0.25, 0.3) is 0 Å². The fraction of sp³-hybridized carbons (Fsp3) is 0.733. The van der Waals surface area contributed by atoms with Crippen molar-refractivity contribution in [2.24, 2.45) is 0 Å². The van der Waals surface area contributed by atoms with Gasteiger partial charge in [0.05, 0.1) is 0 Å². The molecule has 1 N–H and O–H groups in total. The Hall–Kier alpha value is -0.800. The summed E-state index contributed by atoms with van der Waals surface area (Å²) >= 11 is 0. The fourth-order valence-electron chi connectivity index (χ4n) is 2.91. The zero-order valence-corrected chi connectivity index (χ0v) is 12.0. The zero-order valence-electron chi connectivity index (χ0n) is 12.0. The van der Waals surface area contributed by atoms with Crippen molar-refractivity contribution in [1.29, 1.82) is 0 Å². The van der Waals surface area contributed by atoms with Crippen LogP contribution >= 0.6 is 0 Å². The van der Waals surface area contributed by atoms with Crippen LogP contribution in [0.1, 0.15) is 52.0 Å². The van der Waals surface area contributed by atoms with Crippen molar-refractivity contribution in [1.82, 2.24) is 15.0 Å². The molecule has 102 valence electrons. The Bertz CT molecular complexity index is 348. The third-order valence-electron chi connectivity index (χ3n) is 3.95. The largest absolute Gasteiger partial charge is 0.354 e. The van der Waals surface area contributed by atoms with E-state index < -0.39 is 0 Å². The summed E-state index contributed by atoms with van der Waals surface area (Å²) in [5, 5.41) is 2.45. The molecule has 18 heavy (non-hydrogen) atoms. The minimum atomic E-state index is 0.659. The van der Waals surface area contributed by atoms with Crippen LogP contribution in [0.3, 0.4) is 0 Å². The Labute approximate surface area is 111 Å². The van der Waals surface area contributed by atoms with Crippen LogP contribution in [0.4, 0.5) is 0 Å². The number of rotatable bonds is 5. The van der Waals surface area contributed by atoms with Crippen LogP contribution < -0.4 is 5.43 Å². The highest BCUT2D eigenvalue weighted by molar-refractivity contribution is 5.09. The first kappa shape index (κ1) is 13.6. The molecule has 0 amide bonds. The van der Waals surface area contributed by atoms with E-state index in [1.807, 2.05) is 0 Å². The van der Waals surface area contributed by atoms with Gasteiger partial charge in [0.15, 0.2) is 0 Å². The molecular formula is C15H27N3. The summed E-state index contributed by atoms with van der Waals surface area (Å²) < 4.78 is 2.28. The average molecular weight is 249 g/mol. The lowest BCUT2D eigenvalue weighted by atomic mass is 10.00. The maximum absolute atomic E-state index is 3.61. The van der Waals surface area contributed by atoms with Crippen LogP contribution in [0.2, 0.25) is 0 Å². The van der Waals surface area contributed by atoms with Crippen LogP contribution in [0.15, 0.2) is 18.5 Å². The molecule has 0 spiro atoms. The fourth-order valence-corrected chi connectivity index (χ4v) is 2.91. The highest BCUT2D eigenvalue weighted by Crippen LogP contribution is 2.20. The number of aromatic nitrogens is 1. The minimum absolute atomic E-state index is 0.659. The maximum Gasteiger partial charge on any atom is 0.0368 e. The van der Waals surface area contributed by atoms with Gasteiger partial charge in [-0.25, -0.2) is 5.01 Å². The first-order valence-corrected chi connectivity index (χ1v) is 7.37. The van der Waals surface area contributed by atoms with Gasteiger partial charge in [-0.15, -0.1) is 0 Å². The van der Waals surface area contributed by atoms with Gasteiger partial charge in [-0.05, 0) is 44.7 Å². The van der Waals surface area contributed by atoms with Crippen molar-refractivity contribution in [2.45, 2.75) is 71.6 Å². The van der Waals surface area contributed by atoms with Crippen LogP contribution in [0, 0.1) is 0 Å². The minimum Gasteiger partial charge on any atom is -0.354 e. The molecule has 1 aromatic rings. The van der Waals surface area contributed by atoms with Gasteiger partial charge in [0.2, 0.25) is 0 Å². The maximum atomic E-state index is 3.61. The molecule has 0 saturated carbocycles. The van der Waals surface area contributed by atoms with Crippen molar-refractivity contribution >= 4 is 0 Å². The van der Waals surface area contributed by atoms with Crippen LogP contribution in [-0.2, 0) is 13.1 Å². The smallest absolute Gasteiger partial charge is 0.0368 e. The molecule has 2 unspecified atom stereocenters. The summed E-state index contributed by atoms with van der Waals surface area (Å²) in [6, 6.07) is 3.54. The van der Waals surface area contributed by atoms with E-state index in [4.69, 9.17) is 0 Å². The molecule has 1 aromatic heterocycles. The van der Waals surface area contributed by atoms with Crippen molar-refractivity contribution in [3.63, 3.8) is 0 Å². The Balaban J connectivity index is 1.85. The zero-order chi connectivity index (χ0) is 13.0. The standard InChI is InChI=1S/C15H27N3/c1-4-9-17-10-8-15(12-17)11-16-18-13(2)6-5-7-14(18)3/h8,10,12-14,16H,4-7,9,11H2,1-3H3. The van der Waals surface area contributed by atoms with Gasteiger partial charge in [0.1, 0.15) is 0 Å². The molecule has 0 bridgehead atoms. The number of nitrogens with one attached hydrogen (secondary N) is 1. The Morgan fingerprint density at radius 1 is 1.28 bits per heavy atom. The predicted molar refractivity (Wildman–Crippen MR) is 76.2 cm³/mol. The van der Waals surface area contributed by atoms with Gasteiger partial charge < -0.3 is 4.57 Å². The molecule has 3 nitrogen and oxygen atoms in total. The molecule has 2 rings (SSSR count). The summed E-state index contributed by atoms with van der Waals surface area (Å²) in [5.41, 5.74) is 5.00. The van der Waals surface area contributed by atoms with Crippen molar-refractivity contribution < 1.29 is 0 Å². The lowest BCUT2D eigenvalue weighted by Gasteiger charge is -2.39. The van der Waals surface area contributed by atoms with Gasteiger partial charge >= 0.3 is 0 Å². The summed E-state index contributed by atoms with van der Waals surface area (Å²) in [6.45, 7) is 8.94. The van der Waals surface area contributed by atoms with E-state index in [-0.39, 0.29) is 0 Å². The third-order valence-corrected chi connectivity index (χ3v) is 3.95. The van der Waals surface area contributed by atoms with Crippen LogP contribution in [0.5, 0.6) is 0 Å². The molecule has 0 aromatic carbocycles. The molecule has 1 fully saturated rings. The van der Waals surface area contributed by atoms with Gasteiger partial charge in [-0.3, -0.25) is 5.43 Å². The van der Waals surface area contributed by atoms with Gasteiger partial charge in [-0.1, -0.05) is 13.3 Å². The highest BCUT2D eigenvalue weighted by atomic mass is 15.5. The summed E-state index contributed by atoms with van der Waals surface area (Å²) in [4.78, 5) is 0. The Morgan fingerprint density at radius 3 is 2.67 bits per heavy atom. The SMILES string of the molecule is CCCn1ccc(CNN2C(C)CCCC2C)c1. The van der Waals surface area contributed by atoms with E-state index in [1.165, 1.54) is 31.2 Å². The number of hydrogen-bond donors (Lipinski definition) is 1. The van der Waals surface area contributed by atoms with E-state index in [0.29, 0.717) is 12.1 Å². The molecule has 3 heteroatoms. The Kier molecular flexibility index (Phi) is 4.84. The number of aryl methyl sites for hydroxylation is 1. The topological polar surface area (TPSA) is 20.2 Å². The van der Waals surface area contributed by atoms with Crippen LogP contribution in [-0.4, -0.2) is 21.7 Å².